The highest BCUT2D eigenvalue weighted by Crippen LogP contribution is 2.10. The van der Waals surface area contributed by atoms with Crippen LogP contribution in [0.1, 0.15) is 11.1 Å². The molecule has 0 unspecified atom stereocenters. The summed E-state index contributed by atoms with van der Waals surface area (Å²) in [5.74, 6) is -1.32. The number of aryl methyl sites for hydroxylation is 1. The smallest absolute Gasteiger partial charge is 0.327 e. The van der Waals surface area contributed by atoms with Crippen molar-refractivity contribution in [3.63, 3.8) is 0 Å². The minimum absolute atomic E-state index is 0.0987. The van der Waals surface area contributed by atoms with Crippen molar-refractivity contribution in [3.8, 4) is 0 Å². The van der Waals surface area contributed by atoms with Crippen molar-refractivity contribution < 1.29 is 18.4 Å². The number of amides is 3. The van der Waals surface area contributed by atoms with Gasteiger partial charge < -0.3 is 10.6 Å². The number of carbonyl (C=O) groups is 2. The SMILES string of the molecule is Cc1ccc(CNC(=O)CN(C=N)C(=O)Nc2ccc(F)cc2)cc1F. The number of anilines is 1. The summed E-state index contributed by atoms with van der Waals surface area (Å²) in [4.78, 5) is 24.9. The molecule has 3 N–H and O–H groups in total. The van der Waals surface area contributed by atoms with Gasteiger partial charge in [-0.15, -0.1) is 0 Å². The fourth-order valence-electron chi connectivity index (χ4n) is 2.06. The molecule has 0 spiro atoms. The van der Waals surface area contributed by atoms with E-state index < -0.39 is 17.8 Å². The largest absolute Gasteiger partial charge is 0.350 e. The van der Waals surface area contributed by atoms with Gasteiger partial charge in [-0.05, 0) is 48.4 Å². The van der Waals surface area contributed by atoms with Crippen LogP contribution in [0.3, 0.4) is 0 Å². The van der Waals surface area contributed by atoms with Crippen LogP contribution < -0.4 is 10.6 Å². The number of urea groups is 1. The Morgan fingerprint density at radius 3 is 2.46 bits per heavy atom. The Balaban J connectivity index is 1.88. The van der Waals surface area contributed by atoms with E-state index >= 15 is 0 Å². The summed E-state index contributed by atoms with van der Waals surface area (Å²) in [6, 6.07) is 9.00. The van der Waals surface area contributed by atoms with Crippen molar-refractivity contribution in [2.45, 2.75) is 13.5 Å². The topological polar surface area (TPSA) is 85.3 Å². The quantitative estimate of drug-likeness (QED) is 0.546. The molecule has 8 heteroatoms. The van der Waals surface area contributed by atoms with Gasteiger partial charge in [0.05, 0.1) is 6.34 Å². The van der Waals surface area contributed by atoms with E-state index in [0.29, 0.717) is 23.2 Å². The van der Waals surface area contributed by atoms with Gasteiger partial charge in [-0.1, -0.05) is 12.1 Å². The molecule has 136 valence electrons. The van der Waals surface area contributed by atoms with Gasteiger partial charge in [-0.3, -0.25) is 15.1 Å². The highest BCUT2D eigenvalue weighted by atomic mass is 19.1. The maximum atomic E-state index is 13.5. The average Bonchev–Trinajstić information content (AvgIpc) is 2.62. The second kappa shape index (κ2) is 8.70. The average molecular weight is 360 g/mol. The summed E-state index contributed by atoms with van der Waals surface area (Å²) in [5, 5.41) is 12.3. The third kappa shape index (κ3) is 5.37. The lowest BCUT2D eigenvalue weighted by atomic mass is 10.1. The Labute approximate surface area is 149 Å². The van der Waals surface area contributed by atoms with Crippen LogP contribution in [0.4, 0.5) is 19.3 Å². The van der Waals surface area contributed by atoms with E-state index in [1.54, 1.807) is 19.1 Å². The Morgan fingerprint density at radius 2 is 1.85 bits per heavy atom. The van der Waals surface area contributed by atoms with Crippen molar-refractivity contribution in [1.82, 2.24) is 10.2 Å². The number of hydrogen-bond acceptors (Lipinski definition) is 3. The lowest BCUT2D eigenvalue weighted by Crippen LogP contribution is -2.41. The van der Waals surface area contributed by atoms with Crippen molar-refractivity contribution in [3.05, 3.63) is 65.2 Å². The Hall–Kier alpha value is -3.29. The minimum atomic E-state index is -0.705. The molecule has 0 fully saturated rings. The van der Waals surface area contributed by atoms with Crippen LogP contribution in [-0.4, -0.2) is 29.7 Å². The molecule has 2 rings (SSSR count). The molecule has 0 aliphatic carbocycles. The minimum Gasteiger partial charge on any atom is -0.350 e. The molecule has 0 atom stereocenters. The van der Waals surface area contributed by atoms with Gasteiger partial charge in [0.25, 0.3) is 0 Å². The number of benzene rings is 2. The number of nitrogens with one attached hydrogen (secondary N) is 3. The van der Waals surface area contributed by atoms with Crippen LogP contribution in [0.25, 0.3) is 0 Å². The van der Waals surface area contributed by atoms with Gasteiger partial charge in [-0.25, -0.2) is 13.6 Å². The maximum Gasteiger partial charge on any atom is 0.327 e. The molecular formula is C18H18F2N4O2. The molecule has 0 aliphatic heterocycles. The zero-order valence-corrected chi connectivity index (χ0v) is 14.1. The first-order valence-electron chi connectivity index (χ1n) is 7.74. The van der Waals surface area contributed by atoms with Gasteiger partial charge in [0, 0.05) is 12.2 Å². The van der Waals surface area contributed by atoms with Gasteiger partial charge >= 0.3 is 6.03 Å². The van der Waals surface area contributed by atoms with Gasteiger partial charge in [-0.2, -0.15) is 0 Å². The maximum absolute atomic E-state index is 13.5. The Kier molecular flexibility index (Phi) is 6.37. The predicted octanol–water partition coefficient (Wildman–Crippen LogP) is 3.03. The van der Waals surface area contributed by atoms with Crippen molar-refractivity contribution in [2.24, 2.45) is 0 Å². The fourth-order valence-corrected chi connectivity index (χ4v) is 2.06. The van der Waals surface area contributed by atoms with E-state index in [9.17, 15) is 18.4 Å². The van der Waals surface area contributed by atoms with Crippen LogP contribution in [0.2, 0.25) is 0 Å². The van der Waals surface area contributed by atoms with Crippen molar-refractivity contribution in [1.29, 1.82) is 5.41 Å². The summed E-state index contributed by atoms with van der Waals surface area (Å²) in [6.45, 7) is 1.35. The molecule has 2 aromatic rings. The zero-order chi connectivity index (χ0) is 19.1. The summed E-state index contributed by atoms with van der Waals surface area (Å²) in [6.07, 6.45) is 0.712. The van der Waals surface area contributed by atoms with E-state index in [2.05, 4.69) is 10.6 Å². The van der Waals surface area contributed by atoms with E-state index in [4.69, 9.17) is 5.41 Å². The summed E-state index contributed by atoms with van der Waals surface area (Å²) in [7, 11) is 0. The Bertz CT molecular complexity index is 809. The van der Waals surface area contributed by atoms with Gasteiger partial charge in [0.2, 0.25) is 5.91 Å². The predicted molar refractivity (Wildman–Crippen MR) is 93.9 cm³/mol. The first-order chi connectivity index (χ1) is 12.4. The fraction of sp³-hybridized carbons (Fsp3) is 0.167. The first kappa shape index (κ1) is 19.0. The van der Waals surface area contributed by atoms with Crippen molar-refractivity contribution in [2.75, 3.05) is 11.9 Å². The van der Waals surface area contributed by atoms with Crippen LogP contribution in [0.5, 0.6) is 0 Å². The lowest BCUT2D eigenvalue weighted by Gasteiger charge is -2.17. The van der Waals surface area contributed by atoms with Crippen LogP contribution in [-0.2, 0) is 11.3 Å². The second-order valence-corrected chi connectivity index (χ2v) is 5.55. The third-order valence-corrected chi connectivity index (χ3v) is 3.55. The van der Waals surface area contributed by atoms with Crippen molar-refractivity contribution >= 4 is 24.0 Å². The molecule has 26 heavy (non-hydrogen) atoms. The summed E-state index contributed by atoms with van der Waals surface area (Å²) < 4.78 is 26.3. The number of rotatable bonds is 6. The van der Waals surface area contributed by atoms with E-state index in [1.165, 1.54) is 30.3 Å². The van der Waals surface area contributed by atoms with Gasteiger partial charge in [0.1, 0.15) is 18.2 Å². The highest BCUT2D eigenvalue weighted by molar-refractivity contribution is 5.98. The monoisotopic (exact) mass is 360 g/mol. The van der Waals surface area contributed by atoms with Crippen LogP contribution in [0.15, 0.2) is 42.5 Å². The number of halogens is 2. The Morgan fingerprint density at radius 1 is 1.15 bits per heavy atom. The standard InChI is InChI=1S/C18H18F2N4O2/c1-12-2-3-13(8-16(12)20)9-22-17(25)10-24(11-21)18(26)23-15-6-4-14(19)5-7-15/h2-8,11,21H,9-10H2,1H3,(H,22,25)(H,23,26). The number of nitrogens with zero attached hydrogens (tertiary/aromatic N) is 1. The molecule has 0 heterocycles. The number of carbonyl (C=O) groups excluding carboxylic acids is 2. The van der Waals surface area contributed by atoms with Crippen LogP contribution >= 0.6 is 0 Å². The second-order valence-electron chi connectivity index (χ2n) is 5.55. The molecule has 0 aromatic heterocycles. The summed E-state index contributed by atoms with van der Waals surface area (Å²) in [5.41, 5.74) is 1.42. The molecular weight excluding hydrogens is 342 g/mol. The van der Waals surface area contributed by atoms with E-state index in [0.717, 1.165) is 4.90 Å². The van der Waals surface area contributed by atoms with E-state index in [1.807, 2.05) is 0 Å². The molecule has 3 amide bonds. The van der Waals surface area contributed by atoms with Crippen LogP contribution in [0, 0.1) is 24.0 Å². The molecule has 0 bridgehead atoms. The summed E-state index contributed by atoms with van der Waals surface area (Å²) >= 11 is 0. The molecule has 6 nitrogen and oxygen atoms in total. The molecule has 0 aliphatic rings. The van der Waals surface area contributed by atoms with E-state index in [-0.39, 0.29) is 18.9 Å². The number of hydrogen-bond donors (Lipinski definition) is 3. The molecule has 0 radical (unpaired) electrons. The molecule has 2 aromatic carbocycles. The zero-order valence-electron chi connectivity index (χ0n) is 14.1. The normalized spacial score (nSPS) is 10.1. The van der Waals surface area contributed by atoms with Gasteiger partial charge in [0.15, 0.2) is 0 Å². The third-order valence-electron chi connectivity index (χ3n) is 3.55. The lowest BCUT2D eigenvalue weighted by molar-refractivity contribution is -0.121. The molecule has 0 saturated carbocycles. The highest BCUT2D eigenvalue weighted by Gasteiger charge is 2.15. The first-order valence-corrected chi connectivity index (χ1v) is 7.74. The molecule has 0 saturated heterocycles.